The topological polar surface area (TPSA) is 76.1 Å². The summed E-state index contributed by atoms with van der Waals surface area (Å²) in [6, 6.07) is 6.48. The fourth-order valence-corrected chi connectivity index (χ4v) is 2.58. The maximum atomic E-state index is 13.0. The molecular formula is C13H11FN2O3S. The highest BCUT2D eigenvalue weighted by Crippen LogP contribution is 2.16. The molecule has 0 radical (unpaired) electrons. The van der Waals surface area contributed by atoms with Crippen LogP contribution in [-0.2, 0) is 10.0 Å². The number of hydrogen-bond acceptors (Lipinski definition) is 4. The lowest BCUT2D eigenvalue weighted by Gasteiger charge is -2.08. The Balaban J connectivity index is 2.28. The Kier molecular flexibility index (Phi) is 3.80. The van der Waals surface area contributed by atoms with Gasteiger partial charge in [0.05, 0.1) is 23.0 Å². The van der Waals surface area contributed by atoms with Gasteiger partial charge in [0, 0.05) is 11.6 Å². The zero-order valence-corrected chi connectivity index (χ0v) is 11.3. The van der Waals surface area contributed by atoms with E-state index in [9.17, 15) is 17.6 Å². The van der Waals surface area contributed by atoms with Gasteiger partial charge in [-0.25, -0.2) is 12.8 Å². The molecule has 0 saturated carbocycles. The molecule has 0 aliphatic rings. The van der Waals surface area contributed by atoms with Gasteiger partial charge in [0.15, 0.2) is 5.78 Å². The number of sulfonamides is 1. The number of carbonyl (C=O) groups excluding carboxylic acids is 1. The average Bonchev–Trinajstić information content (AvgIpc) is 2.38. The zero-order valence-electron chi connectivity index (χ0n) is 10.5. The number of aromatic nitrogens is 1. The van der Waals surface area contributed by atoms with Crippen molar-refractivity contribution < 1.29 is 17.6 Å². The minimum Gasteiger partial charge on any atom is -0.295 e. The monoisotopic (exact) mass is 294 g/mol. The van der Waals surface area contributed by atoms with Crippen molar-refractivity contribution in [2.45, 2.75) is 11.8 Å². The molecule has 2 rings (SSSR count). The Morgan fingerprint density at radius 1 is 1.20 bits per heavy atom. The molecule has 0 fully saturated rings. The third-order valence-electron chi connectivity index (χ3n) is 2.53. The van der Waals surface area contributed by atoms with E-state index in [-0.39, 0.29) is 16.4 Å². The lowest BCUT2D eigenvalue weighted by Crippen LogP contribution is -2.13. The van der Waals surface area contributed by atoms with E-state index in [0.717, 1.165) is 12.3 Å². The normalized spacial score (nSPS) is 11.1. The van der Waals surface area contributed by atoms with E-state index >= 15 is 0 Å². The molecule has 0 atom stereocenters. The highest BCUT2D eigenvalue weighted by Gasteiger charge is 2.15. The second-order valence-electron chi connectivity index (χ2n) is 4.08. The summed E-state index contributed by atoms with van der Waals surface area (Å²) in [5.41, 5.74) is 0.442. The van der Waals surface area contributed by atoms with E-state index in [0.29, 0.717) is 5.56 Å². The third-order valence-corrected chi connectivity index (χ3v) is 3.93. The number of pyridine rings is 1. The number of nitrogens with one attached hydrogen (secondary N) is 1. The van der Waals surface area contributed by atoms with Gasteiger partial charge in [0.25, 0.3) is 10.0 Å². The SMILES string of the molecule is CC(=O)c1ccc(S(=O)(=O)Nc2cncc(F)c2)cc1. The fourth-order valence-electron chi connectivity index (χ4n) is 1.55. The van der Waals surface area contributed by atoms with Crippen molar-refractivity contribution in [1.82, 2.24) is 4.98 Å². The summed E-state index contributed by atoms with van der Waals surface area (Å²) in [4.78, 5) is 14.7. The van der Waals surface area contributed by atoms with Crippen LogP contribution >= 0.6 is 0 Å². The first-order chi connectivity index (χ1) is 9.38. The first-order valence-corrected chi connectivity index (χ1v) is 7.11. The van der Waals surface area contributed by atoms with Gasteiger partial charge in [-0.15, -0.1) is 0 Å². The molecule has 0 amide bonds. The minimum absolute atomic E-state index is 0.0215. The number of Topliss-reactive ketones (excluding diaryl/α,β-unsaturated/α-hetero) is 1. The molecule has 0 unspecified atom stereocenters. The number of benzene rings is 1. The van der Waals surface area contributed by atoms with E-state index < -0.39 is 15.8 Å². The van der Waals surface area contributed by atoms with Gasteiger partial charge in [-0.3, -0.25) is 14.5 Å². The van der Waals surface area contributed by atoms with Gasteiger partial charge in [0.1, 0.15) is 5.82 Å². The molecule has 1 aromatic heterocycles. The molecule has 1 heterocycles. The second kappa shape index (κ2) is 5.38. The number of hydrogen-bond donors (Lipinski definition) is 1. The summed E-state index contributed by atoms with van der Waals surface area (Å²) in [5, 5.41) is 0. The Hall–Kier alpha value is -2.28. The number of ketones is 1. The van der Waals surface area contributed by atoms with Crippen molar-refractivity contribution in [1.29, 1.82) is 0 Å². The van der Waals surface area contributed by atoms with Crippen LogP contribution in [0.3, 0.4) is 0 Å². The van der Waals surface area contributed by atoms with Crippen LogP contribution in [0, 0.1) is 5.82 Å². The third kappa shape index (κ3) is 3.18. The predicted octanol–water partition coefficient (Wildman–Crippen LogP) is 2.22. The summed E-state index contributed by atoms with van der Waals surface area (Å²) < 4.78 is 39.3. The van der Waals surface area contributed by atoms with Crippen molar-refractivity contribution in [3.05, 3.63) is 54.1 Å². The lowest BCUT2D eigenvalue weighted by atomic mass is 10.2. The smallest absolute Gasteiger partial charge is 0.261 e. The summed E-state index contributed by atoms with van der Waals surface area (Å²) in [6.07, 6.45) is 2.17. The second-order valence-corrected chi connectivity index (χ2v) is 5.76. The molecule has 20 heavy (non-hydrogen) atoms. The minimum atomic E-state index is -3.84. The number of anilines is 1. The van der Waals surface area contributed by atoms with Crippen LogP contribution in [0.25, 0.3) is 0 Å². The van der Waals surface area contributed by atoms with Crippen molar-refractivity contribution in [2.75, 3.05) is 4.72 Å². The number of carbonyl (C=O) groups is 1. The average molecular weight is 294 g/mol. The first kappa shape index (κ1) is 14.1. The van der Waals surface area contributed by atoms with Crippen molar-refractivity contribution in [3.63, 3.8) is 0 Å². The van der Waals surface area contributed by atoms with Crippen LogP contribution in [0.4, 0.5) is 10.1 Å². The molecule has 7 heteroatoms. The molecule has 0 bridgehead atoms. The van der Waals surface area contributed by atoms with Crippen LogP contribution in [0.5, 0.6) is 0 Å². The van der Waals surface area contributed by atoms with Crippen LogP contribution in [0.15, 0.2) is 47.6 Å². The molecule has 0 saturated heterocycles. The predicted molar refractivity (Wildman–Crippen MR) is 71.5 cm³/mol. The van der Waals surface area contributed by atoms with Crippen molar-refractivity contribution >= 4 is 21.5 Å². The first-order valence-electron chi connectivity index (χ1n) is 5.63. The quantitative estimate of drug-likeness (QED) is 0.877. The van der Waals surface area contributed by atoms with E-state index in [4.69, 9.17) is 0 Å². The summed E-state index contributed by atoms with van der Waals surface area (Å²) >= 11 is 0. The lowest BCUT2D eigenvalue weighted by molar-refractivity contribution is 0.101. The van der Waals surface area contributed by atoms with Crippen molar-refractivity contribution in [2.24, 2.45) is 0 Å². The van der Waals surface area contributed by atoms with Crippen LogP contribution < -0.4 is 4.72 Å². The number of rotatable bonds is 4. The molecule has 0 aliphatic carbocycles. The highest BCUT2D eigenvalue weighted by atomic mass is 32.2. The van der Waals surface area contributed by atoms with Crippen molar-refractivity contribution in [3.8, 4) is 0 Å². The maximum absolute atomic E-state index is 13.0. The number of halogens is 1. The molecule has 2 aromatic rings. The Morgan fingerprint density at radius 2 is 1.85 bits per heavy atom. The standard InChI is InChI=1S/C13H11FN2O3S/c1-9(17)10-2-4-13(5-3-10)20(18,19)16-12-6-11(14)7-15-8-12/h2-8,16H,1H3. The molecule has 1 N–H and O–H groups in total. The van der Waals surface area contributed by atoms with Gasteiger partial charge in [-0.2, -0.15) is 0 Å². The summed E-state index contributed by atoms with van der Waals surface area (Å²) in [6.45, 7) is 1.39. The Morgan fingerprint density at radius 3 is 2.40 bits per heavy atom. The molecule has 5 nitrogen and oxygen atoms in total. The van der Waals surface area contributed by atoms with Crippen LogP contribution in [-0.4, -0.2) is 19.2 Å². The van der Waals surface area contributed by atoms with Gasteiger partial charge < -0.3 is 0 Å². The molecular weight excluding hydrogens is 283 g/mol. The Labute approximate surface area is 115 Å². The van der Waals surface area contributed by atoms with E-state index in [1.165, 1.54) is 37.4 Å². The highest BCUT2D eigenvalue weighted by molar-refractivity contribution is 7.92. The summed E-state index contributed by atoms with van der Waals surface area (Å²) in [5.74, 6) is -0.798. The van der Waals surface area contributed by atoms with Crippen LogP contribution in [0.1, 0.15) is 17.3 Å². The summed E-state index contributed by atoms with van der Waals surface area (Å²) in [7, 11) is -3.84. The zero-order chi connectivity index (χ0) is 14.8. The van der Waals surface area contributed by atoms with E-state index in [1.807, 2.05) is 0 Å². The fraction of sp³-hybridized carbons (Fsp3) is 0.0769. The van der Waals surface area contributed by atoms with E-state index in [2.05, 4.69) is 9.71 Å². The van der Waals surface area contributed by atoms with Gasteiger partial charge in [0.2, 0.25) is 0 Å². The maximum Gasteiger partial charge on any atom is 0.261 e. The number of nitrogens with zero attached hydrogens (tertiary/aromatic N) is 1. The van der Waals surface area contributed by atoms with Gasteiger partial charge >= 0.3 is 0 Å². The van der Waals surface area contributed by atoms with Gasteiger partial charge in [-0.1, -0.05) is 12.1 Å². The Bertz CT molecular complexity index is 742. The van der Waals surface area contributed by atoms with E-state index in [1.54, 1.807) is 0 Å². The van der Waals surface area contributed by atoms with Crippen LogP contribution in [0.2, 0.25) is 0 Å². The molecule has 104 valence electrons. The van der Waals surface area contributed by atoms with Gasteiger partial charge in [-0.05, 0) is 19.1 Å². The molecule has 1 aromatic carbocycles. The molecule has 0 spiro atoms. The molecule has 0 aliphatic heterocycles. The largest absolute Gasteiger partial charge is 0.295 e.